The highest BCUT2D eigenvalue weighted by Gasteiger charge is 2.02. The van der Waals surface area contributed by atoms with Crippen molar-refractivity contribution in [3.8, 4) is 17.2 Å². The first-order valence-corrected chi connectivity index (χ1v) is 7.70. The van der Waals surface area contributed by atoms with Crippen molar-refractivity contribution in [1.29, 1.82) is 0 Å². The third-order valence-electron chi connectivity index (χ3n) is 3.15. The average Bonchev–Trinajstić information content (AvgIpc) is 2.59. The van der Waals surface area contributed by atoms with E-state index >= 15 is 0 Å². The van der Waals surface area contributed by atoms with Crippen molar-refractivity contribution >= 4 is 12.2 Å². The number of aromatic hydroxyl groups is 1. The van der Waals surface area contributed by atoms with Crippen LogP contribution in [0.15, 0.2) is 42.5 Å². The van der Waals surface area contributed by atoms with Crippen molar-refractivity contribution in [2.24, 2.45) is 0 Å². The Morgan fingerprint density at radius 2 is 1.61 bits per heavy atom. The van der Waals surface area contributed by atoms with Gasteiger partial charge in [-0.05, 0) is 41.8 Å². The monoisotopic (exact) mass is 314 g/mol. The number of aliphatic hydroxyl groups is 1. The minimum absolute atomic E-state index is 0.0630. The summed E-state index contributed by atoms with van der Waals surface area (Å²) < 4.78 is 10.8. The van der Waals surface area contributed by atoms with Crippen LogP contribution in [0.2, 0.25) is 0 Å². The van der Waals surface area contributed by atoms with Gasteiger partial charge in [-0.15, -0.1) is 0 Å². The fourth-order valence-electron chi connectivity index (χ4n) is 1.99. The Kier molecular flexibility index (Phi) is 6.51. The van der Waals surface area contributed by atoms with Crippen molar-refractivity contribution < 1.29 is 19.7 Å². The maximum Gasteiger partial charge on any atom is 0.161 e. The summed E-state index contributed by atoms with van der Waals surface area (Å²) in [6.07, 6.45) is 4.90. The Morgan fingerprint density at radius 3 is 2.30 bits per heavy atom. The molecular formula is C19H22O4. The molecule has 0 radical (unpaired) electrons. The summed E-state index contributed by atoms with van der Waals surface area (Å²) in [4.78, 5) is 0. The van der Waals surface area contributed by atoms with Crippen LogP contribution in [-0.2, 0) is 0 Å². The zero-order valence-electron chi connectivity index (χ0n) is 13.2. The molecule has 0 aliphatic rings. The van der Waals surface area contributed by atoms with Gasteiger partial charge in [0.15, 0.2) is 11.5 Å². The Morgan fingerprint density at radius 1 is 0.913 bits per heavy atom. The lowest BCUT2D eigenvalue weighted by Gasteiger charge is -2.07. The quantitative estimate of drug-likeness (QED) is 0.729. The number of aliphatic hydroxyl groups excluding tert-OH is 1. The van der Waals surface area contributed by atoms with Gasteiger partial charge < -0.3 is 19.7 Å². The largest absolute Gasteiger partial charge is 0.504 e. The first-order chi connectivity index (χ1) is 11.2. The second-order valence-electron chi connectivity index (χ2n) is 5.05. The second-order valence-corrected chi connectivity index (χ2v) is 5.05. The third kappa shape index (κ3) is 5.34. The fourth-order valence-corrected chi connectivity index (χ4v) is 1.99. The molecule has 0 saturated carbocycles. The molecule has 23 heavy (non-hydrogen) atoms. The highest BCUT2D eigenvalue weighted by Crippen LogP contribution is 2.27. The molecule has 0 saturated heterocycles. The molecule has 0 bridgehead atoms. The molecule has 0 aromatic heterocycles. The fraction of sp³-hybridized carbons (Fsp3) is 0.263. The molecule has 0 atom stereocenters. The van der Waals surface area contributed by atoms with E-state index in [4.69, 9.17) is 14.6 Å². The molecule has 2 aromatic carbocycles. The van der Waals surface area contributed by atoms with E-state index in [9.17, 15) is 5.11 Å². The van der Waals surface area contributed by atoms with E-state index in [0.717, 1.165) is 29.9 Å². The van der Waals surface area contributed by atoms with E-state index < -0.39 is 0 Å². The van der Waals surface area contributed by atoms with Crippen LogP contribution < -0.4 is 9.47 Å². The molecule has 0 spiro atoms. The summed E-state index contributed by atoms with van der Waals surface area (Å²) in [5, 5.41) is 18.5. The molecule has 4 nitrogen and oxygen atoms in total. The number of rotatable bonds is 8. The molecular weight excluding hydrogens is 292 g/mol. The van der Waals surface area contributed by atoms with Gasteiger partial charge in [-0.3, -0.25) is 0 Å². The lowest BCUT2D eigenvalue weighted by molar-refractivity contribution is 0.197. The Balaban J connectivity index is 2.04. The molecule has 2 aromatic rings. The van der Waals surface area contributed by atoms with Gasteiger partial charge in [0.1, 0.15) is 12.4 Å². The Hall–Kier alpha value is -2.46. The van der Waals surface area contributed by atoms with Gasteiger partial charge in [-0.1, -0.05) is 37.3 Å². The maximum atomic E-state index is 9.70. The first-order valence-electron chi connectivity index (χ1n) is 7.70. The summed E-state index contributed by atoms with van der Waals surface area (Å²) in [5.74, 6) is 1.30. The molecule has 0 unspecified atom stereocenters. The molecule has 0 fully saturated rings. The van der Waals surface area contributed by atoms with Crippen LogP contribution in [0.25, 0.3) is 12.2 Å². The number of hydrogen-bond acceptors (Lipinski definition) is 4. The standard InChI is InChI=1S/C19H22O4/c1-2-12-22-17-8-5-15(6-9-17)3-4-16-7-10-18(21)19(14-16)23-13-11-20/h3-10,14,20-21H,2,11-13H2,1H3/b4-3+. The highest BCUT2D eigenvalue weighted by atomic mass is 16.5. The number of ether oxygens (including phenoxy) is 2. The maximum absolute atomic E-state index is 9.70. The van der Waals surface area contributed by atoms with E-state index in [2.05, 4.69) is 6.92 Å². The SMILES string of the molecule is CCCOc1ccc(/C=C/c2ccc(O)c(OCCO)c2)cc1. The summed E-state index contributed by atoms with van der Waals surface area (Å²) in [5.41, 5.74) is 1.96. The van der Waals surface area contributed by atoms with Crippen LogP contribution in [0, 0.1) is 0 Å². The summed E-state index contributed by atoms with van der Waals surface area (Å²) >= 11 is 0. The average molecular weight is 314 g/mol. The van der Waals surface area contributed by atoms with Crippen LogP contribution >= 0.6 is 0 Å². The van der Waals surface area contributed by atoms with E-state index in [0.29, 0.717) is 5.75 Å². The van der Waals surface area contributed by atoms with Gasteiger partial charge in [0.25, 0.3) is 0 Å². The number of phenolic OH excluding ortho intramolecular Hbond substituents is 1. The van der Waals surface area contributed by atoms with Crippen molar-refractivity contribution in [2.45, 2.75) is 13.3 Å². The van der Waals surface area contributed by atoms with Gasteiger partial charge in [-0.2, -0.15) is 0 Å². The predicted molar refractivity (Wildman–Crippen MR) is 91.8 cm³/mol. The molecule has 2 rings (SSSR count). The van der Waals surface area contributed by atoms with Crippen molar-refractivity contribution in [2.75, 3.05) is 19.8 Å². The molecule has 0 amide bonds. The molecule has 4 heteroatoms. The highest BCUT2D eigenvalue weighted by molar-refractivity contribution is 5.71. The molecule has 0 aliphatic carbocycles. The molecule has 122 valence electrons. The lowest BCUT2D eigenvalue weighted by atomic mass is 10.1. The zero-order valence-corrected chi connectivity index (χ0v) is 13.2. The Bertz CT molecular complexity index is 632. The van der Waals surface area contributed by atoms with Gasteiger partial charge in [0.2, 0.25) is 0 Å². The summed E-state index contributed by atoms with van der Waals surface area (Å²) in [6.45, 7) is 2.86. The van der Waals surface area contributed by atoms with Crippen LogP contribution in [0.5, 0.6) is 17.2 Å². The lowest BCUT2D eigenvalue weighted by Crippen LogP contribution is -2.01. The first kappa shape index (κ1) is 16.9. The molecule has 0 heterocycles. The molecule has 2 N–H and O–H groups in total. The van der Waals surface area contributed by atoms with Gasteiger partial charge in [-0.25, -0.2) is 0 Å². The minimum Gasteiger partial charge on any atom is -0.504 e. The normalized spacial score (nSPS) is 10.9. The van der Waals surface area contributed by atoms with Gasteiger partial charge >= 0.3 is 0 Å². The van der Waals surface area contributed by atoms with E-state index in [1.807, 2.05) is 36.4 Å². The van der Waals surface area contributed by atoms with E-state index in [1.54, 1.807) is 18.2 Å². The topological polar surface area (TPSA) is 58.9 Å². The van der Waals surface area contributed by atoms with E-state index in [1.165, 1.54) is 0 Å². The van der Waals surface area contributed by atoms with Crippen LogP contribution in [-0.4, -0.2) is 30.0 Å². The summed E-state index contributed by atoms with van der Waals surface area (Å²) in [6, 6.07) is 13.0. The second kappa shape index (κ2) is 8.86. The smallest absolute Gasteiger partial charge is 0.161 e. The van der Waals surface area contributed by atoms with E-state index in [-0.39, 0.29) is 19.0 Å². The predicted octanol–water partition coefficient (Wildman–Crippen LogP) is 3.72. The number of phenols is 1. The number of hydrogen-bond donors (Lipinski definition) is 2. The molecule has 0 aliphatic heterocycles. The number of benzene rings is 2. The third-order valence-corrected chi connectivity index (χ3v) is 3.15. The summed E-state index contributed by atoms with van der Waals surface area (Å²) in [7, 11) is 0. The van der Waals surface area contributed by atoms with Crippen molar-refractivity contribution in [3.63, 3.8) is 0 Å². The Labute approximate surface area is 136 Å². The minimum atomic E-state index is -0.0913. The van der Waals surface area contributed by atoms with Gasteiger partial charge in [0, 0.05) is 0 Å². The van der Waals surface area contributed by atoms with Crippen molar-refractivity contribution in [3.05, 3.63) is 53.6 Å². The zero-order chi connectivity index (χ0) is 16.5. The van der Waals surface area contributed by atoms with Crippen LogP contribution in [0.3, 0.4) is 0 Å². The van der Waals surface area contributed by atoms with Crippen LogP contribution in [0.4, 0.5) is 0 Å². The van der Waals surface area contributed by atoms with Crippen molar-refractivity contribution in [1.82, 2.24) is 0 Å². The van der Waals surface area contributed by atoms with Crippen LogP contribution in [0.1, 0.15) is 24.5 Å². The van der Waals surface area contributed by atoms with Gasteiger partial charge in [0.05, 0.1) is 13.2 Å².